The van der Waals surface area contributed by atoms with E-state index < -0.39 is 15.1 Å². The maximum absolute atomic E-state index is 12.4. The van der Waals surface area contributed by atoms with Crippen LogP contribution in [-0.2, 0) is 20.0 Å². The fourth-order valence-electron chi connectivity index (χ4n) is 2.76. The molecule has 1 heterocycles. The van der Waals surface area contributed by atoms with Crippen molar-refractivity contribution in [2.75, 3.05) is 13.2 Å². The summed E-state index contributed by atoms with van der Waals surface area (Å²) in [6.07, 6.45) is 2.06. The Morgan fingerprint density at radius 1 is 1.40 bits per heavy atom. The van der Waals surface area contributed by atoms with Crippen LogP contribution in [0, 0.1) is 0 Å². The summed E-state index contributed by atoms with van der Waals surface area (Å²) >= 11 is 6.22. The molecule has 1 aliphatic heterocycles. The summed E-state index contributed by atoms with van der Waals surface area (Å²) in [5, 5.41) is -0.171. The molecule has 2 aliphatic rings. The molecule has 1 unspecified atom stereocenters. The number of nitrogens with two attached hydrogens (primary N) is 1. The molecular formula is C14H18ClNO3S. The molecule has 1 aliphatic carbocycles. The summed E-state index contributed by atoms with van der Waals surface area (Å²) in [5.74, 6) is 0. The van der Waals surface area contributed by atoms with Crippen LogP contribution in [0.15, 0.2) is 23.1 Å². The third-order valence-electron chi connectivity index (χ3n) is 4.52. The second-order valence-corrected chi connectivity index (χ2v) is 8.40. The van der Waals surface area contributed by atoms with E-state index >= 15 is 0 Å². The molecule has 0 radical (unpaired) electrons. The van der Waals surface area contributed by atoms with Crippen molar-refractivity contribution in [3.63, 3.8) is 0 Å². The van der Waals surface area contributed by atoms with Gasteiger partial charge in [-0.25, -0.2) is 8.42 Å². The highest BCUT2D eigenvalue weighted by atomic mass is 35.5. The Hall–Kier alpha value is -0.620. The second-order valence-electron chi connectivity index (χ2n) is 5.79. The van der Waals surface area contributed by atoms with Crippen molar-refractivity contribution < 1.29 is 13.2 Å². The fraction of sp³-hybridized carbons (Fsp3) is 0.571. The molecule has 1 atom stereocenters. The van der Waals surface area contributed by atoms with Gasteiger partial charge in [0.15, 0.2) is 9.84 Å². The minimum atomic E-state index is -3.38. The lowest BCUT2D eigenvalue weighted by Crippen LogP contribution is -2.40. The lowest BCUT2D eigenvalue weighted by molar-refractivity contribution is 0.0416. The molecule has 1 aromatic rings. The highest BCUT2D eigenvalue weighted by molar-refractivity contribution is 7.92. The Balaban J connectivity index is 1.96. The van der Waals surface area contributed by atoms with Crippen molar-refractivity contribution in [1.82, 2.24) is 0 Å². The van der Waals surface area contributed by atoms with Crippen molar-refractivity contribution in [1.29, 1.82) is 0 Å². The number of sulfone groups is 1. The lowest BCUT2D eigenvalue weighted by Gasteiger charge is -2.26. The topological polar surface area (TPSA) is 69.4 Å². The van der Waals surface area contributed by atoms with Gasteiger partial charge in [0.2, 0.25) is 0 Å². The van der Waals surface area contributed by atoms with Gasteiger partial charge in [-0.3, -0.25) is 0 Å². The predicted molar refractivity (Wildman–Crippen MR) is 77.8 cm³/mol. The minimum Gasteiger partial charge on any atom is -0.379 e. The predicted octanol–water partition coefficient (Wildman–Crippen LogP) is 1.89. The number of hydrogen-bond acceptors (Lipinski definition) is 4. The Labute approximate surface area is 124 Å². The van der Waals surface area contributed by atoms with E-state index in [0.29, 0.717) is 5.02 Å². The van der Waals surface area contributed by atoms with E-state index in [1.54, 1.807) is 12.1 Å². The number of halogens is 1. The molecule has 3 rings (SSSR count). The van der Waals surface area contributed by atoms with Crippen molar-refractivity contribution >= 4 is 21.4 Å². The monoisotopic (exact) mass is 315 g/mol. The average Bonchev–Trinajstić information content (AvgIpc) is 3.05. The van der Waals surface area contributed by atoms with E-state index in [0.717, 1.165) is 18.4 Å². The fourth-order valence-corrected chi connectivity index (χ4v) is 4.76. The summed E-state index contributed by atoms with van der Waals surface area (Å²) in [6.45, 7) is 2.49. The van der Waals surface area contributed by atoms with E-state index in [1.807, 2.05) is 13.0 Å². The molecule has 2 N–H and O–H groups in total. The van der Waals surface area contributed by atoms with Gasteiger partial charge in [-0.2, -0.15) is 0 Å². The number of benzene rings is 1. The molecule has 6 heteroatoms. The maximum Gasteiger partial charge on any atom is 0.187 e. The van der Waals surface area contributed by atoms with Gasteiger partial charge >= 0.3 is 0 Å². The van der Waals surface area contributed by atoms with E-state index in [9.17, 15) is 8.42 Å². The summed E-state index contributed by atoms with van der Waals surface area (Å²) < 4.78 is 29.7. The first-order valence-corrected chi connectivity index (χ1v) is 8.67. The van der Waals surface area contributed by atoms with Crippen molar-refractivity contribution in [3.8, 4) is 0 Å². The van der Waals surface area contributed by atoms with Gasteiger partial charge in [0, 0.05) is 11.5 Å². The average molecular weight is 316 g/mol. The lowest BCUT2D eigenvalue weighted by atomic mass is 9.90. The van der Waals surface area contributed by atoms with Crippen LogP contribution in [0.4, 0.5) is 0 Å². The molecule has 0 spiro atoms. The zero-order valence-corrected chi connectivity index (χ0v) is 12.9. The van der Waals surface area contributed by atoms with Crippen LogP contribution >= 0.6 is 11.6 Å². The summed E-state index contributed by atoms with van der Waals surface area (Å²) in [6, 6.07) is 5.29. The van der Waals surface area contributed by atoms with E-state index in [4.69, 9.17) is 22.1 Å². The van der Waals surface area contributed by atoms with Crippen LogP contribution in [0.5, 0.6) is 0 Å². The van der Waals surface area contributed by atoms with Crippen LogP contribution < -0.4 is 5.73 Å². The molecule has 1 saturated carbocycles. The van der Waals surface area contributed by atoms with Crippen molar-refractivity contribution in [2.45, 2.75) is 41.4 Å². The molecule has 2 fully saturated rings. The van der Waals surface area contributed by atoms with Gasteiger partial charge in [0.25, 0.3) is 0 Å². The van der Waals surface area contributed by atoms with Gasteiger partial charge in [0.05, 0.1) is 23.1 Å². The van der Waals surface area contributed by atoms with Crippen LogP contribution in [0.1, 0.15) is 25.3 Å². The van der Waals surface area contributed by atoms with Gasteiger partial charge in [-0.05, 0) is 37.5 Å². The van der Waals surface area contributed by atoms with Gasteiger partial charge < -0.3 is 10.5 Å². The Bertz CT molecular complexity index is 634. The Kier molecular flexibility index (Phi) is 3.36. The van der Waals surface area contributed by atoms with Gasteiger partial charge in [0.1, 0.15) is 5.25 Å². The first-order valence-electron chi connectivity index (χ1n) is 6.75. The first-order chi connectivity index (χ1) is 9.38. The van der Waals surface area contributed by atoms with Crippen LogP contribution in [0.25, 0.3) is 0 Å². The van der Waals surface area contributed by atoms with E-state index in [1.165, 1.54) is 0 Å². The van der Waals surface area contributed by atoms with E-state index in [2.05, 4.69) is 0 Å². The number of ether oxygens (including phenoxy) is 1. The van der Waals surface area contributed by atoms with Crippen LogP contribution in [0.2, 0.25) is 5.02 Å². The van der Waals surface area contributed by atoms with Gasteiger partial charge in [-0.15, -0.1) is 0 Å². The zero-order chi connectivity index (χ0) is 14.5. The third kappa shape index (κ3) is 2.08. The summed E-state index contributed by atoms with van der Waals surface area (Å²) in [5.41, 5.74) is 7.06. The van der Waals surface area contributed by atoms with E-state index in [-0.39, 0.29) is 29.6 Å². The third-order valence-corrected chi connectivity index (χ3v) is 7.06. The minimum absolute atomic E-state index is 0.0223. The molecule has 0 aromatic heterocycles. The highest BCUT2D eigenvalue weighted by Gasteiger charge is 2.47. The second kappa shape index (κ2) is 4.70. The highest BCUT2D eigenvalue weighted by Crippen LogP contribution is 2.51. The normalized spacial score (nSPS) is 23.1. The quantitative estimate of drug-likeness (QED) is 0.921. The Morgan fingerprint density at radius 2 is 2.05 bits per heavy atom. The maximum atomic E-state index is 12.4. The molecule has 20 heavy (non-hydrogen) atoms. The summed E-state index contributed by atoms with van der Waals surface area (Å²) in [7, 11) is -3.38. The zero-order valence-electron chi connectivity index (χ0n) is 11.3. The molecule has 110 valence electrons. The molecule has 1 saturated heterocycles. The Morgan fingerprint density at radius 3 is 2.45 bits per heavy atom. The molecule has 0 bridgehead atoms. The van der Waals surface area contributed by atoms with Crippen LogP contribution in [-0.4, -0.2) is 32.9 Å². The van der Waals surface area contributed by atoms with Crippen LogP contribution in [0.3, 0.4) is 0 Å². The largest absolute Gasteiger partial charge is 0.379 e. The molecular weight excluding hydrogens is 298 g/mol. The number of rotatable bonds is 4. The smallest absolute Gasteiger partial charge is 0.187 e. The SMILES string of the molecule is CC(N)C1(c2ccc(S(=O)(=O)C3COC3)c(Cl)c2)CC1. The molecule has 4 nitrogen and oxygen atoms in total. The van der Waals surface area contributed by atoms with Crippen molar-refractivity contribution in [2.24, 2.45) is 5.73 Å². The molecule has 0 amide bonds. The standard InChI is InChI=1S/C14H18ClNO3S/c1-9(16)14(4-5-14)10-2-3-13(12(15)6-10)20(17,18)11-7-19-8-11/h2-3,6,9,11H,4-5,7-8,16H2,1H3. The van der Waals surface area contributed by atoms with Crippen molar-refractivity contribution in [3.05, 3.63) is 28.8 Å². The molecule has 1 aromatic carbocycles. The summed E-state index contributed by atoms with van der Waals surface area (Å²) in [4.78, 5) is 0.205. The number of hydrogen-bond donors (Lipinski definition) is 1. The van der Waals surface area contributed by atoms with Gasteiger partial charge in [-0.1, -0.05) is 17.7 Å². The first kappa shape index (κ1) is 14.3.